The number of hydrogen-bond donors (Lipinski definition) is 0. The van der Waals surface area contributed by atoms with Crippen molar-refractivity contribution in [1.29, 1.82) is 0 Å². The predicted octanol–water partition coefficient (Wildman–Crippen LogP) is 1.77. The standard InChI is InChI=1S/C17H20N2O4S2/c1-15-14-18(24(20,21)16-8-4-2-5-9-16)12-13-19(15)25(22,23)17-10-6-3-7-11-17/h2-11,15H,12-14H2,1H3/t15-/m1/s1. The smallest absolute Gasteiger partial charge is 0.207 e. The molecule has 0 aliphatic carbocycles. The van der Waals surface area contributed by atoms with Gasteiger partial charge in [-0.1, -0.05) is 36.4 Å². The average molecular weight is 380 g/mol. The maximum atomic E-state index is 12.8. The van der Waals surface area contributed by atoms with Crippen LogP contribution in [0.1, 0.15) is 6.92 Å². The fraction of sp³-hybridized carbons (Fsp3) is 0.294. The molecule has 3 rings (SSSR count). The van der Waals surface area contributed by atoms with Gasteiger partial charge in [0.15, 0.2) is 0 Å². The molecule has 1 aliphatic heterocycles. The van der Waals surface area contributed by atoms with E-state index in [1.54, 1.807) is 67.6 Å². The molecular formula is C17H20N2O4S2. The summed E-state index contributed by atoms with van der Waals surface area (Å²) in [5.41, 5.74) is 0. The van der Waals surface area contributed by atoms with Crippen molar-refractivity contribution in [2.24, 2.45) is 0 Å². The zero-order valence-electron chi connectivity index (χ0n) is 13.8. The van der Waals surface area contributed by atoms with Gasteiger partial charge in [-0.25, -0.2) is 16.8 Å². The molecule has 1 atom stereocenters. The maximum Gasteiger partial charge on any atom is 0.243 e. The Labute approximate surface area is 148 Å². The van der Waals surface area contributed by atoms with Gasteiger partial charge in [0.25, 0.3) is 0 Å². The molecule has 0 amide bonds. The van der Waals surface area contributed by atoms with E-state index in [0.717, 1.165) is 0 Å². The second-order valence-corrected chi connectivity index (χ2v) is 9.78. The monoisotopic (exact) mass is 380 g/mol. The zero-order chi connectivity index (χ0) is 18.1. The quantitative estimate of drug-likeness (QED) is 0.810. The van der Waals surface area contributed by atoms with Gasteiger partial charge in [0.05, 0.1) is 9.79 Å². The zero-order valence-corrected chi connectivity index (χ0v) is 15.4. The summed E-state index contributed by atoms with van der Waals surface area (Å²) in [5.74, 6) is 0. The van der Waals surface area contributed by atoms with Crippen molar-refractivity contribution in [2.75, 3.05) is 19.6 Å². The number of nitrogens with zero attached hydrogens (tertiary/aromatic N) is 2. The topological polar surface area (TPSA) is 74.8 Å². The van der Waals surface area contributed by atoms with Gasteiger partial charge >= 0.3 is 0 Å². The van der Waals surface area contributed by atoms with Crippen LogP contribution in [0.25, 0.3) is 0 Å². The molecule has 1 heterocycles. The fourth-order valence-corrected chi connectivity index (χ4v) is 6.12. The van der Waals surface area contributed by atoms with Gasteiger partial charge < -0.3 is 0 Å². The molecular weight excluding hydrogens is 360 g/mol. The highest BCUT2D eigenvalue weighted by Crippen LogP contribution is 2.24. The molecule has 2 aromatic rings. The molecule has 0 unspecified atom stereocenters. The van der Waals surface area contributed by atoms with Crippen LogP contribution in [0.15, 0.2) is 70.5 Å². The van der Waals surface area contributed by atoms with Gasteiger partial charge in [0.2, 0.25) is 20.0 Å². The third-order valence-electron chi connectivity index (χ3n) is 4.26. The molecule has 25 heavy (non-hydrogen) atoms. The Bertz CT molecular complexity index is 929. The summed E-state index contributed by atoms with van der Waals surface area (Å²) in [6.45, 7) is 2.12. The van der Waals surface area contributed by atoms with Crippen LogP contribution in [0.4, 0.5) is 0 Å². The van der Waals surface area contributed by atoms with E-state index in [1.165, 1.54) is 8.61 Å². The minimum Gasteiger partial charge on any atom is -0.207 e. The first-order valence-corrected chi connectivity index (χ1v) is 10.8. The minimum atomic E-state index is -3.63. The summed E-state index contributed by atoms with van der Waals surface area (Å²) in [6, 6.07) is 16.0. The van der Waals surface area contributed by atoms with Crippen molar-refractivity contribution in [2.45, 2.75) is 22.8 Å². The van der Waals surface area contributed by atoms with Gasteiger partial charge in [-0.15, -0.1) is 0 Å². The molecule has 6 nitrogen and oxygen atoms in total. The number of rotatable bonds is 4. The van der Waals surface area contributed by atoms with E-state index < -0.39 is 26.1 Å². The summed E-state index contributed by atoms with van der Waals surface area (Å²) < 4.78 is 53.7. The Morgan fingerprint density at radius 2 is 1.24 bits per heavy atom. The second kappa shape index (κ2) is 6.87. The highest BCUT2D eigenvalue weighted by molar-refractivity contribution is 7.89. The fourth-order valence-electron chi connectivity index (χ4n) is 2.95. The van der Waals surface area contributed by atoms with Gasteiger partial charge in [-0.05, 0) is 31.2 Å². The first-order valence-electron chi connectivity index (χ1n) is 7.95. The van der Waals surface area contributed by atoms with E-state index >= 15 is 0 Å². The third kappa shape index (κ3) is 3.48. The second-order valence-electron chi connectivity index (χ2n) is 5.95. The van der Waals surface area contributed by atoms with Crippen LogP contribution in [-0.2, 0) is 20.0 Å². The largest absolute Gasteiger partial charge is 0.243 e. The van der Waals surface area contributed by atoms with E-state index in [2.05, 4.69) is 0 Å². The van der Waals surface area contributed by atoms with E-state index in [0.29, 0.717) is 0 Å². The normalized spacial score (nSPS) is 20.4. The number of sulfonamides is 2. The van der Waals surface area contributed by atoms with Crippen LogP contribution in [0, 0.1) is 0 Å². The van der Waals surface area contributed by atoms with Crippen molar-refractivity contribution in [3.63, 3.8) is 0 Å². The SMILES string of the molecule is C[C@@H]1CN(S(=O)(=O)c2ccccc2)CCN1S(=O)(=O)c1ccccc1. The van der Waals surface area contributed by atoms with Crippen LogP contribution >= 0.6 is 0 Å². The summed E-state index contributed by atoms with van der Waals surface area (Å²) >= 11 is 0. The van der Waals surface area contributed by atoms with Crippen molar-refractivity contribution >= 4 is 20.0 Å². The maximum absolute atomic E-state index is 12.8. The molecule has 2 aromatic carbocycles. The molecule has 1 fully saturated rings. The lowest BCUT2D eigenvalue weighted by molar-refractivity contribution is 0.212. The van der Waals surface area contributed by atoms with Crippen molar-refractivity contribution in [3.8, 4) is 0 Å². The molecule has 0 radical (unpaired) electrons. The van der Waals surface area contributed by atoms with Crippen LogP contribution in [0.3, 0.4) is 0 Å². The highest BCUT2D eigenvalue weighted by Gasteiger charge is 2.37. The molecule has 0 aromatic heterocycles. The van der Waals surface area contributed by atoms with Gasteiger partial charge in [-0.2, -0.15) is 8.61 Å². The molecule has 0 bridgehead atoms. The first kappa shape index (κ1) is 18.1. The van der Waals surface area contributed by atoms with Crippen molar-refractivity contribution in [1.82, 2.24) is 8.61 Å². The minimum absolute atomic E-state index is 0.128. The molecule has 0 saturated carbocycles. The van der Waals surface area contributed by atoms with Crippen molar-refractivity contribution in [3.05, 3.63) is 60.7 Å². The number of piperazine rings is 1. The number of hydrogen-bond acceptors (Lipinski definition) is 4. The number of benzene rings is 2. The van der Waals surface area contributed by atoms with Crippen LogP contribution in [-0.4, -0.2) is 51.1 Å². The molecule has 1 aliphatic rings. The first-order chi connectivity index (χ1) is 11.8. The van der Waals surface area contributed by atoms with E-state index in [9.17, 15) is 16.8 Å². The van der Waals surface area contributed by atoms with Gasteiger partial charge in [-0.3, -0.25) is 0 Å². The molecule has 0 spiro atoms. The lowest BCUT2D eigenvalue weighted by atomic mass is 10.3. The molecule has 1 saturated heterocycles. The van der Waals surface area contributed by atoms with Crippen LogP contribution in [0.5, 0.6) is 0 Å². The Morgan fingerprint density at radius 1 is 0.760 bits per heavy atom. The predicted molar refractivity (Wildman–Crippen MR) is 95.0 cm³/mol. The Balaban J connectivity index is 1.82. The van der Waals surface area contributed by atoms with E-state index in [1.807, 2.05) is 0 Å². The third-order valence-corrected chi connectivity index (χ3v) is 8.17. The average Bonchev–Trinajstić information content (AvgIpc) is 2.63. The summed E-state index contributed by atoms with van der Waals surface area (Å²) in [5, 5.41) is 0. The summed E-state index contributed by atoms with van der Waals surface area (Å²) in [4.78, 5) is 0.447. The van der Waals surface area contributed by atoms with Crippen LogP contribution < -0.4 is 0 Å². The Kier molecular flexibility index (Phi) is 4.97. The highest BCUT2D eigenvalue weighted by atomic mass is 32.2. The molecule has 134 valence electrons. The van der Waals surface area contributed by atoms with Crippen molar-refractivity contribution < 1.29 is 16.8 Å². The van der Waals surface area contributed by atoms with Gasteiger partial charge in [0, 0.05) is 25.7 Å². The lowest BCUT2D eigenvalue weighted by Gasteiger charge is -2.38. The summed E-state index contributed by atoms with van der Waals surface area (Å²) in [7, 11) is -7.25. The molecule has 0 N–H and O–H groups in total. The summed E-state index contributed by atoms with van der Waals surface area (Å²) in [6.07, 6.45) is 0. The Hall–Kier alpha value is -1.74. The van der Waals surface area contributed by atoms with Gasteiger partial charge in [0.1, 0.15) is 0 Å². The van der Waals surface area contributed by atoms with E-state index in [4.69, 9.17) is 0 Å². The lowest BCUT2D eigenvalue weighted by Crippen LogP contribution is -2.55. The van der Waals surface area contributed by atoms with Crippen LogP contribution in [0.2, 0.25) is 0 Å². The molecule has 8 heteroatoms. The Morgan fingerprint density at radius 3 is 1.72 bits per heavy atom. The van der Waals surface area contributed by atoms with E-state index in [-0.39, 0.29) is 29.4 Å².